The molecule has 1 aliphatic rings. The van der Waals surface area contributed by atoms with Gasteiger partial charge in [0.1, 0.15) is 5.75 Å². The van der Waals surface area contributed by atoms with Gasteiger partial charge in [-0.3, -0.25) is 4.79 Å². The number of anilines is 1. The predicted molar refractivity (Wildman–Crippen MR) is 107 cm³/mol. The molecule has 2 aromatic carbocycles. The predicted octanol–water partition coefficient (Wildman–Crippen LogP) is 3.74. The normalized spacial score (nSPS) is 17.9. The Bertz CT molecular complexity index is 945. The van der Waals surface area contributed by atoms with Gasteiger partial charge in [0.2, 0.25) is 0 Å². The molecule has 142 valence electrons. The van der Waals surface area contributed by atoms with E-state index in [1.165, 1.54) is 5.41 Å². The molecule has 0 aliphatic carbocycles. The van der Waals surface area contributed by atoms with Crippen molar-refractivity contribution in [3.8, 4) is 5.75 Å². The maximum Gasteiger partial charge on any atom is 0.258 e. The second-order valence-electron chi connectivity index (χ2n) is 6.93. The summed E-state index contributed by atoms with van der Waals surface area (Å²) >= 11 is 0. The molecule has 0 spiro atoms. The van der Waals surface area contributed by atoms with Crippen molar-refractivity contribution in [2.75, 3.05) is 10.7 Å². The van der Waals surface area contributed by atoms with Gasteiger partial charge in [0, 0.05) is 16.7 Å². The van der Waals surface area contributed by atoms with Gasteiger partial charge in [0.15, 0.2) is 9.84 Å². The zero-order valence-corrected chi connectivity index (χ0v) is 16.4. The van der Waals surface area contributed by atoms with Crippen LogP contribution < -0.4 is 9.64 Å². The SMILES string of the molecule is Cc1ccc(N(C(=O)c2ccc(OC(C)C)cc2)[C@H]2C=CS(=O)(=O)C2)cc1. The van der Waals surface area contributed by atoms with Crippen molar-refractivity contribution in [2.24, 2.45) is 0 Å². The Morgan fingerprint density at radius 1 is 1.07 bits per heavy atom. The lowest BCUT2D eigenvalue weighted by atomic mass is 10.1. The summed E-state index contributed by atoms with van der Waals surface area (Å²) in [5.74, 6) is 0.328. The summed E-state index contributed by atoms with van der Waals surface area (Å²) in [5, 5.41) is 1.19. The molecule has 1 heterocycles. The number of rotatable bonds is 5. The molecule has 0 saturated carbocycles. The molecule has 0 radical (unpaired) electrons. The Morgan fingerprint density at radius 2 is 1.70 bits per heavy atom. The van der Waals surface area contributed by atoms with Crippen molar-refractivity contribution < 1.29 is 17.9 Å². The molecule has 1 atom stereocenters. The van der Waals surface area contributed by atoms with Crippen LogP contribution in [0, 0.1) is 6.92 Å². The monoisotopic (exact) mass is 385 g/mol. The van der Waals surface area contributed by atoms with Crippen LogP contribution in [0.1, 0.15) is 29.8 Å². The Labute approximate surface area is 160 Å². The number of benzene rings is 2. The van der Waals surface area contributed by atoms with E-state index in [0.717, 1.165) is 5.56 Å². The maximum atomic E-state index is 13.2. The fourth-order valence-electron chi connectivity index (χ4n) is 2.97. The van der Waals surface area contributed by atoms with Crippen LogP contribution >= 0.6 is 0 Å². The number of carbonyl (C=O) groups excluding carboxylic acids is 1. The van der Waals surface area contributed by atoms with Gasteiger partial charge in [-0.05, 0) is 63.2 Å². The lowest BCUT2D eigenvalue weighted by molar-refractivity contribution is 0.0983. The molecule has 0 fully saturated rings. The first-order valence-corrected chi connectivity index (χ1v) is 10.5. The molecule has 27 heavy (non-hydrogen) atoms. The van der Waals surface area contributed by atoms with E-state index in [-0.39, 0.29) is 17.8 Å². The topological polar surface area (TPSA) is 63.7 Å². The molecule has 1 aliphatic heterocycles. The molecule has 0 unspecified atom stereocenters. The first kappa shape index (κ1) is 19.2. The first-order chi connectivity index (χ1) is 12.7. The number of hydrogen-bond donors (Lipinski definition) is 0. The quantitative estimate of drug-likeness (QED) is 0.787. The molecule has 0 bridgehead atoms. The number of carbonyl (C=O) groups is 1. The number of amides is 1. The number of ether oxygens (including phenoxy) is 1. The molecular weight excluding hydrogens is 362 g/mol. The minimum atomic E-state index is -3.29. The van der Waals surface area contributed by atoms with E-state index in [0.29, 0.717) is 17.0 Å². The summed E-state index contributed by atoms with van der Waals surface area (Å²) in [6.45, 7) is 5.83. The Balaban J connectivity index is 1.93. The molecule has 0 saturated heterocycles. The minimum Gasteiger partial charge on any atom is -0.491 e. The third-order valence-electron chi connectivity index (χ3n) is 4.25. The molecule has 3 rings (SSSR count). The summed E-state index contributed by atoms with van der Waals surface area (Å²) in [4.78, 5) is 14.8. The summed E-state index contributed by atoms with van der Waals surface area (Å²) in [6.07, 6.45) is 1.62. The summed E-state index contributed by atoms with van der Waals surface area (Å²) in [7, 11) is -3.29. The number of hydrogen-bond acceptors (Lipinski definition) is 4. The summed E-state index contributed by atoms with van der Waals surface area (Å²) < 4.78 is 29.4. The van der Waals surface area contributed by atoms with Crippen molar-refractivity contribution in [1.82, 2.24) is 0 Å². The highest BCUT2D eigenvalue weighted by Crippen LogP contribution is 2.26. The average molecular weight is 385 g/mol. The lowest BCUT2D eigenvalue weighted by Crippen LogP contribution is -2.41. The van der Waals surface area contributed by atoms with Crippen molar-refractivity contribution in [3.05, 3.63) is 71.1 Å². The molecular formula is C21H23NO4S. The van der Waals surface area contributed by atoms with E-state index < -0.39 is 15.9 Å². The summed E-state index contributed by atoms with van der Waals surface area (Å²) in [5.41, 5.74) is 2.21. The van der Waals surface area contributed by atoms with Gasteiger partial charge < -0.3 is 9.64 Å². The average Bonchev–Trinajstić information content (AvgIpc) is 2.96. The van der Waals surface area contributed by atoms with Gasteiger partial charge in [0.25, 0.3) is 5.91 Å². The van der Waals surface area contributed by atoms with Crippen LogP contribution in [0.5, 0.6) is 5.75 Å². The van der Waals surface area contributed by atoms with E-state index in [1.807, 2.05) is 45.0 Å². The molecule has 5 nitrogen and oxygen atoms in total. The van der Waals surface area contributed by atoms with E-state index in [4.69, 9.17) is 4.74 Å². The van der Waals surface area contributed by atoms with Gasteiger partial charge in [-0.15, -0.1) is 0 Å². The van der Waals surface area contributed by atoms with Crippen molar-refractivity contribution in [2.45, 2.75) is 32.9 Å². The van der Waals surface area contributed by atoms with E-state index in [9.17, 15) is 13.2 Å². The third kappa shape index (κ3) is 4.57. The molecule has 0 N–H and O–H groups in total. The van der Waals surface area contributed by atoms with Crippen LogP contribution in [0.25, 0.3) is 0 Å². The van der Waals surface area contributed by atoms with Crippen LogP contribution in [0.15, 0.2) is 60.0 Å². The maximum absolute atomic E-state index is 13.2. The molecule has 1 amide bonds. The zero-order chi connectivity index (χ0) is 19.6. The minimum absolute atomic E-state index is 0.0458. The van der Waals surface area contributed by atoms with Gasteiger partial charge in [-0.25, -0.2) is 8.42 Å². The van der Waals surface area contributed by atoms with E-state index >= 15 is 0 Å². The van der Waals surface area contributed by atoms with Gasteiger partial charge in [-0.2, -0.15) is 0 Å². The highest BCUT2D eigenvalue weighted by Gasteiger charge is 2.32. The zero-order valence-electron chi connectivity index (χ0n) is 15.6. The Kier molecular flexibility index (Phi) is 5.37. The Morgan fingerprint density at radius 3 is 2.22 bits per heavy atom. The number of aryl methyl sites for hydroxylation is 1. The van der Waals surface area contributed by atoms with Gasteiger partial charge in [-0.1, -0.05) is 17.7 Å². The van der Waals surface area contributed by atoms with Gasteiger partial charge in [0.05, 0.1) is 17.9 Å². The van der Waals surface area contributed by atoms with Crippen LogP contribution in [0.4, 0.5) is 5.69 Å². The van der Waals surface area contributed by atoms with Crippen molar-refractivity contribution in [1.29, 1.82) is 0 Å². The Hall–Kier alpha value is -2.60. The van der Waals surface area contributed by atoms with Crippen molar-refractivity contribution >= 4 is 21.4 Å². The first-order valence-electron chi connectivity index (χ1n) is 8.83. The van der Waals surface area contributed by atoms with Crippen LogP contribution in [0.3, 0.4) is 0 Å². The second-order valence-corrected chi connectivity index (χ2v) is 8.86. The third-order valence-corrected chi connectivity index (χ3v) is 5.62. The molecule has 0 aromatic heterocycles. The second kappa shape index (κ2) is 7.56. The van der Waals surface area contributed by atoms with Crippen LogP contribution in [-0.4, -0.2) is 32.2 Å². The lowest BCUT2D eigenvalue weighted by Gasteiger charge is -2.28. The van der Waals surface area contributed by atoms with Crippen LogP contribution in [0.2, 0.25) is 0 Å². The number of nitrogens with zero attached hydrogens (tertiary/aromatic N) is 1. The van der Waals surface area contributed by atoms with E-state index in [2.05, 4.69) is 0 Å². The fourth-order valence-corrected chi connectivity index (χ4v) is 4.24. The summed E-state index contributed by atoms with van der Waals surface area (Å²) in [6, 6.07) is 13.9. The van der Waals surface area contributed by atoms with E-state index in [1.54, 1.807) is 35.2 Å². The number of sulfone groups is 1. The smallest absolute Gasteiger partial charge is 0.258 e. The largest absolute Gasteiger partial charge is 0.491 e. The highest BCUT2D eigenvalue weighted by atomic mass is 32.2. The standard InChI is InChI=1S/C21H23NO4S/c1-15(2)26-20-10-6-17(7-11-20)21(23)22(18-8-4-16(3)5-9-18)19-12-13-27(24,25)14-19/h4-13,15,19H,14H2,1-3H3/t19-/m0/s1. The fraction of sp³-hybridized carbons (Fsp3) is 0.286. The van der Waals surface area contributed by atoms with Crippen LogP contribution in [-0.2, 0) is 9.84 Å². The van der Waals surface area contributed by atoms with Gasteiger partial charge >= 0.3 is 0 Å². The highest BCUT2D eigenvalue weighted by molar-refractivity contribution is 7.94. The van der Waals surface area contributed by atoms with Crippen molar-refractivity contribution in [3.63, 3.8) is 0 Å². The molecule has 6 heteroatoms. The molecule has 2 aromatic rings.